The Bertz CT molecular complexity index is 1320. The molecule has 0 radical (unpaired) electrons. The molecule has 13 heteroatoms. The Morgan fingerprint density at radius 1 is 1.24 bits per heavy atom. The van der Waals surface area contributed by atoms with Crippen LogP contribution in [0.25, 0.3) is 16.8 Å². The van der Waals surface area contributed by atoms with E-state index >= 15 is 0 Å². The fourth-order valence-electron chi connectivity index (χ4n) is 4.47. The van der Waals surface area contributed by atoms with Crippen LogP contribution in [0, 0.1) is 0 Å². The van der Waals surface area contributed by atoms with E-state index in [1.54, 1.807) is 23.1 Å². The molecule has 5 rings (SSSR count). The minimum Gasteiger partial charge on any atom is -0.383 e. The fraction of sp³-hybridized carbons (Fsp3) is 0.381. The maximum Gasteiger partial charge on any atom is 0.291 e. The maximum atomic E-state index is 13.0. The highest BCUT2D eigenvalue weighted by atomic mass is 79.9. The van der Waals surface area contributed by atoms with Crippen LogP contribution in [-0.4, -0.2) is 62.6 Å². The van der Waals surface area contributed by atoms with Gasteiger partial charge in [0.2, 0.25) is 5.82 Å². The van der Waals surface area contributed by atoms with E-state index in [9.17, 15) is 4.79 Å². The minimum atomic E-state index is -0.131. The summed E-state index contributed by atoms with van der Waals surface area (Å²) in [5, 5.41) is 10.9. The van der Waals surface area contributed by atoms with Crippen LogP contribution in [-0.2, 0) is 13.0 Å². The van der Waals surface area contributed by atoms with E-state index in [1.807, 2.05) is 4.90 Å². The zero-order valence-corrected chi connectivity index (χ0v) is 20.1. The molecule has 1 fully saturated rings. The Morgan fingerprint density at radius 3 is 2.74 bits per heavy atom. The number of likely N-dealkylation sites (tertiary alicyclic amines) is 1. The number of aromatic nitrogens is 8. The van der Waals surface area contributed by atoms with Crippen molar-refractivity contribution in [3.63, 3.8) is 0 Å². The summed E-state index contributed by atoms with van der Waals surface area (Å²) in [7, 11) is 0. The second-order valence-electron chi connectivity index (χ2n) is 8.31. The zero-order chi connectivity index (χ0) is 23.8. The van der Waals surface area contributed by atoms with Crippen LogP contribution in [0.2, 0.25) is 0 Å². The van der Waals surface area contributed by atoms with Crippen molar-refractivity contribution >= 4 is 33.3 Å². The third-order valence-corrected chi connectivity index (χ3v) is 7.11. The van der Waals surface area contributed by atoms with Gasteiger partial charge in [0, 0.05) is 35.6 Å². The largest absolute Gasteiger partial charge is 0.383 e. The number of fused-ring (bicyclic) bond motifs is 1. The van der Waals surface area contributed by atoms with Crippen LogP contribution in [0.4, 0.5) is 5.82 Å². The number of H-pyrrole nitrogens is 1. The number of nitrogens with zero attached hydrogens (tertiary/aromatic N) is 8. The molecule has 12 nitrogen and oxygen atoms in total. The molecule has 5 N–H and O–H groups in total. The van der Waals surface area contributed by atoms with E-state index in [2.05, 4.69) is 53.1 Å². The lowest BCUT2D eigenvalue weighted by atomic mass is 10.1. The third-order valence-electron chi connectivity index (χ3n) is 6.24. The monoisotopic (exact) mass is 525 g/mol. The topological polar surface area (TPSA) is 170 Å². The summed E-state index contributed by atoms with van der Waals surface area (Å²) in [6.07, 6.45) is 9.68. The highest BCUT2D eigenvalue weighted by Crippen LogP contribution is 2.32. The SMILES string of the molecule is C[C@@H]1CC[C@H](CCc2nc3c(-c4cnc(CN)nc4)cnn3c(N)c2Br)N1C(=O)c1ncn[nH]1. The molecule has 0 spiro atoms. The van der Waals surface area contributed by atoms with Crippen LogP contribution >= 0.6 is 15.9 Å². The normalized spacial score (nSPS) is 18.1. The summed E-state index contributed by atoms with van der Waals surface area (Å²) in [5.41, 5.74) is 15.0. The van der Waals surface area contributed by atoms with Gasteiger partial charge >= 0.3 is 0 Å². The molecule has 2 atom stereocenters. The van der Waals surface area contributed by atoms with Gasteiger partial charge in [-0.2, -0.15) is 14.7 Å². The third kappa shape index (κ3) is 3.90. The number of rotatable bonds is 6. The first kappa shape index (κ1) is 22.3. The molecule has 0 aromatic carbocycles. The van der Waals surface area contributed by atoms with Crippen molar-refractivity contribution in [2.75, 3.05) is 5.73 Å². The highest BCUT2D eigenvalue weighted by molar-refractivity contribution is 9.10. The number of anilines is 1. The first-order valence-corrected chi connectivity index (χ1v) is 11.8. The Balaban J connectivity index is 1.42. The smallest absolute Gasteiger partial charge is 0.291 e. The van der Waals surface area contributed by atoms with Crippen molar-refractivity contribution in [3.8, 4) is 11.1 Å². The first-order valence-electron chi connectivity index (χ1n) is 11.0. The maximum absolute atomic E-state index is 13.0. The summed E-state index contributed by atoms with van der Waals surface area (Å²) in [4.78, 5) is 32.3. The standard InChI is InChI=1S/C21H24BrN11O/c1-11-2-3-13(32(11)21(34)19-27-10-28-31-19)4-5-15-17(22)18(24)33-20(30-15)14(9-29-33)12-7-25-16(6-23)26-8-12/h7-11,13H,2-6,23-24H2,1H3,(H,27,28,31)/t11-,13-/m1/s1. The van der Waals surface area contributed by atoms with Crippen molar-refractivity contribution < 1.29 is 4.79 Å². The quantitative estimate of drug-likeness (QED) is 0.339. The van der Waals surface area contributed by atoms with Crippen LogP contribution in [0.15, 0.2) is 29.4 Å². The van der Waals surface area contributed by atoms with Gasteiger partial charge in [-0.05, 0) is 48.5 Å². The van der Waals surface area contributed by atoms with Gasteiger partial charge in [0.15, 0.2) is 5.65 Å². The van der Waals surface area contributed by atoms with Gasteiger partial charge in [-0.3, -0.25) is 9.89 Å². The van der Waals surface area contributed by atoms with Crippen LogP contribution in [0.1, 0.15) is 48.3 Å². The number of halogens is 1. The molecule has 0 bridgehead atoms. The molecule has 0 unspecified atom stereocenters. The van der Waals surface area contributed by atoms with Crippen molar-refractivity contribution in [1.82, 2.24) is 44.6 Å². The molecule has 4 aromatic heterocycles. The number of nitrogens with two attached hydrogens (primary N) is 2. The molecule has 4 aromatic rings. The van der Waals surface area contributed by atoms with E-state index in [0.29, 0.717) is 28.2 Å². The summed E-state index contributed by atoms with van der Waals surface area (Å²) >= 11 is 3.59. The van der Waals surface area contributed by atoms with Gasteiger partial charge in [0.1, 0.15) is 18.0 Å². The molecule has 1 saturated heterocycles. The number of amides is 1. The predicted molar refractivity (Wildman–Crippen MR) is 127 cm³/mol. The Labute approximate surface area is 203 Å². The predicted octanol–water partition coefficient (Wildman–Crippen LogP) is 1.73. The lowest BCUT2D eigenvalue weighted by Gasteiger charge is -2.27. The van der Waals surface area contributed by atoms with Gasteiger partial charge in [0.25, 0.3) is 5.91 Å². The summed E-state index contributed by atoms with van der Waals surface area (Å²) < 4.78 is 2.29. The Hall–Kier alpha value is -3.45. The molecule has 176 valence electrons. The van der Waals surface area contributed by atoms with Crippen molar-refractivity contribution in [3.05, 3.63) is 46.7 Å². The number of nitrogen functional groups attached to an aromatic ring is 1. The average molecular weight is 526 g/mol. The molecule has 1 aliphatic rings. The van der Waals surface area contributed by atoms with Crippen molar-refractivity contribution in [2.24, 2.45) is 5.73 Å². The van der Waals surface area contributed by atoms with E-state index < -0.39 is 0 Å². The number of hydrogen-bond donors (Lipinski definition) is 3. The molecule has 34 heavy (non-hydrogen) atoms. The van der Waals surface area contributed by atoms with E-state index in [4.69, 9.17) is 16.5 Å². The number of carbonyl (C=O) groups is 1. The minimum absolute atomic E-state index is 0.0698. The number of nitrogens with one attached hydrogen (secondary N) is 1. The molecule has 5 heterocycles. The number of aryl methyl sites for hydroxylation is 1. The highest BCUT2D eigenvalue weighted by Gasteiger charge is 2.36. The molecule has 0 saturated carbocycles. The lowest BCUT2D eigenvalue weighted by Crippen LogP contribution is -2.40. The van der Waals surface area contributed by atoms with E-state index in [0.717, 1.165) is 36.1 Å². The van der Waals surface area contributed by atoms with Gasteiger partial charge in [-0.15, -0.1) is 0 Å². The van der Waals surface area contributed by atoms with Crippen LogP contribution in [0.5, 0.6) is 0 Å². The van der Waals surface area contributed by atoms with Crippen LogP contribution in [0.3, 0.4) is 0 Å². The summed E-state index contributed by atoms with van der Waals surface area (Å²) in [6, 6.07) is 0.199. The van der Waals surface area contributed by atoms with Gasteiger partial charge in [-0.1, -0.05) is 0 Å². The molecule has 1 aliphatic heterocycles. The second-order valence-corrected chi connectivity index (χ2v) is 9.10. The van der Waals surface area contributed by atoms with Crippen LogP contribution < -0.4 is 11.5 Å². The van der Waals surface area contributed by atoms with Crippen molar-refractivity contribution in [2.45, 2.75) is 51.2 Å². The van der Waals surface area contributed by atoms with Gasteiger partial charge < -0.3 is 16.4 Å². The van der Waals surface area contributed by atoms with E-state index in [1.165, 1.54) is 6.33 Å². The molecule has 1 amide bonds. The Kier molecular flexibility index (Phi) is 5.96. The Morgan fingerprint density at radius 2 is 2.03 bits per heavy atom. The van der Waals surface area contributed by atoms with E-state index in [-0.39, 0.29) is 30.4 Å². The number of carbonyl (C=O) groups excluding carboxylic acids is 1. The summed E-state index contributed by atoms with van der Waals surface area (Å²) in [6.45, 7) is 2.33. The first-order chi connectivity index (χ1) is 16.5. The van der Waals surface area contributed by atoms with Gasteiger partial charge in [-0.25, -0.2) is 19.9 Å². The number of aromatic amines is 1. The summed E-state index contributed by atoms with van der Waals surface area (Å²) in [5.74, 6) is 1.15. The zero-order valence-electron chi connectivity index (χ0n) is 18.5. The fourth-order valence-corrected chi connectivity index (χ4v) is 4.92. The van der Waals surface area contributed by atoms with Gasteiger partial charge in [0.05, 0.1) is 22.9 Å². The lowest BCUT2D eigenvalue weighted by molar-refractivity contribution is 0.0660. The average Bonchev–Trinajstić information content (AvgIpc) is 3.60. The molecular weight excluding hydrogens is 502 g/mol. The molecular formula is C21H24BrN11O. The number of hydrogen-bond acceptors (Lipinski definition) is 9. The van der Waals surface area contributed by atoms with Crippen molar-refractivity contribution in [1.29, 1.82) is 0 Å². The second kappa shape index (κ2) is 9.06. The molecule has 0 aliphatic carbocycles.